The molecule has 0 amide bonds. The Morgan fingerprint density at radius 1 is 1.12 bits per heavy atom. The van der Waals surface area contributed by atoms with E-state index >= 15 is 0 Å². The molecule has 0 radical (unpaired) electrons. The minimum Gasteiger partial charge on any atom is -0.546 e. The second-order valence-corrected chi connectivity index (χ2v) is 7.89. The molecule has 0 unspecified atom stereocenters. The molecule has 0 N–H and O–H groups in total. The fraction of sp³-hybridized carbons (Fsp3) is 0.267. The van der Waals surface area contributed by atoms with E-state index in [2.05, 4.69) is 6.58 Å². The number of esters is 2. The van der Waals surface area contributed by atoms with Gasteiger partial charge in [0.05, 0.1) is 15.1 Å². The van der Waals surface area contributed by atoms with Crippen molar-refractivity contribution < 1.29 is 33.7 Å². The van der Waals surface area contributed by atoms with Crippen LogP contribution in [0, 0.1) is 10.7 Å². The molecular weight excluding hydrogens is 673 g/mol. The summed E-state index contributed by atoms with van der Waals surface area (Å²) in [5, 5.41) is 10.6. The molecule has 0 bridgehead atoms. The smallest absolute Gasteiger partial charge is 0.340 e. The van der Waals surface area contributed by atoms with E-state index in [0.717, 1.165) is 0 Å². The van der Waals surface area contributed by atoms with Gasteiger partial charge in [0, 0.05) is 12.7 Å². The van der Waals surface area contributed by atoms with E-state index in [-0.39, 0.29) is 30.1 Å². The first-order valence-corrected chi connectivity index (χ1v) is 9.88. The van der Waals surface area contributed by atoms with Gasteiger partial charge in [-0.15, -0.1) is 0 Å². The van der Waals surface area contributed by atoms with Gasteiger partial charge in [-0.3, -0.25) is 0 Å². The van der Waals surface area contributed by atoms with Crippen LogP contribution in [-0.2, 0) is 19.1 Å². The molecule has 0 saturated heterocycles. The standard InChI is InChI=1S/C15H13I3O7/c1-7(2)14(21)23-3-4-24-15(22)11-12(17)8(16)5-9(13(11)18)25-6-10(19)20/h5H,1,3-4,6H2,2H3,(H,19,20)/p-1. The molecule has 0 heterocycles. The largest absolute Gasteiger partial charge is 0.546 e. The third-order valence-electron chi connectivity index (χ3n) is 2.57. The van der Waals surface area contributed by atoms with Crippen molar-refractivity contribution in [1.82, 2.24) is 0 Å². The van der Waals surface area contributed by atoms with Gasteiger partial charge < -0.3 is 24.1 Å². The molecule has 1 aromatic rings. The fourth-order valence-corrected chi connectivity index (χ4v) is 3.98. The van der Waals surface area contributed by atoms with Gasteiger partial charge in [-0.25, -0.2) is 9.59 Å². The van der Waals surface area contributed by atoms with E-state index in [9.17, 15) is 19.5 Å². The molecule has 0 aliphatic heterocycles. The molecule has 25 heavy (non-hydrogen) atoms. The van der Waals surface area contributed by atoms with E-state index in [1.54, 1.807) is 6.07 Å². The quantitative estimate of drug-likeness (QED) is 0.136. The first kappa shape index (κ1) is 22.4. The summed E-state index contributed by atoms with van der Waals surface area (Å²) >= 11 is 5.87. The number of aliphatic carboxylic acids is 1. The van der Waals surface area contributed by atoms with Crippen molar-refractivity contribution in [3.63, 3.8) is 0 Å². The van der Waals surface area contributed by atoms with Gasteiger partial charge in [0.2, 0.25) is 0 Å². The zero-order valence-electron chi connectivity index (χ0n) is 12.9. The summed E-state index contributed by atoms with van der Waals surface area (Å²) in [7, 11) is 0. The number of rotatable bonds is 8. The number of hydrogen-bond acceptors (Lipinski definition) is 7. The molecule has 0 spiro atoms. The predicted octanol–water partition coefficient (Wildman–Crippen LogP) is 1.91. The zero-order chi connectivity index (χ0) is 19.1. The highest BCUT2D eigenvalue weighted by atomic mass is 127. The van der Waals surface area contributed by atoms with E-state index < -0.39 is 24.5 Å². The SMILES string of the molecule is C=C(C)C(=O)OCCOC(=O)c1c(I)c(I)cc(OCC(=O)[O-])c1I. The summed E-state index contributed by atoms with van der Waals surface area (Å²) in [6.07, 6.45) is 0. The van der Waals surface area contributed by atoms with Crippen molar-refractivity contribution in [3.05, 3.63) is 34.5 Å². The van der Waals surface area contributed by atoms with Crippen molar-refractivity contribution in [3.8, 4) is 5.75 Å². The third-order valence-corrected chi connectivity index (χ3v) is 6.64. The zero-order valence-corrected chi connectivity index (χ0v) is 19.4. The molecule has 7 nitrogen and oxygen atoms in total. The van der Waals surface area contributed by atoms with Crippen molar-refractivity contribution in [1.29, 1.82) is 0 Å². The lowest BCUT2D eigenvalue weighted by Gasteiger charge is -2.15. The Balaban J connectivity index is 2.84. The lowest BCUT2D eigenvalue weighted by molar-refractivity contribution is -0.307. The van der Waals surface area contributed by atoms with Crippen molar-refractivity contribution in [2.24, 2.45) is 0 Å². The van der Waals surface area contributed by atoms with Crippen molar-refractivity contribution in [2.45, 2.75) is 6.92 Å². The second kappa shape index (κ2) is 10.5. The molecule has 0 fully saturated rings. The average Bonchev–Trinajstić information content (AvgIpc) is 2.53. The lowest BCUT2D eigenvalue weighted by atomic mass is 10.2. The van der Waals surface area contributed by atoms with E-state index in [0.29, 0.717) is 10.7 Å². The van der Waals surface area contributed by atoms with Gasteiger partial charge in [0.1, 0.15) is 25.6 Å². The Morgan fingerprint density at radius 3 is 2.28 bits per heavy atom. The number of ether oxygens (including phenoxy) is 3. The van der Waals surface area contributed by atoms with Crippen LogP contribution in [0.4, 0.5) is 0 Å². The number of carbonyl (C=O) groups excluding carboxylic acids is 3. The lowest BCUT2D eigenvalue weighted by Crippen LogP contribution is -2.29. The molecular formula is C15H12I3O7-. The molecule has 0 atom stereocenters. The maximum absolute atomic E-state index is 12.3. The Morgan fingerprint density at radius 2 is 1.72 bits per heavy atom. The van der Waals surface area contributed by atoms with Gasteiger partial charge in [-0.05, 0) is 80.8 Å². The first-order chi connectivity index (χ1) is 11.6. The van der Waals surface area contributed by atoms with Crippen LogP contribution >= 0.6 is 67.8 Å². The molecule has 1 rings (SSSR count). The summed E-state index contributed by atoms with van der Waals surface area (Å²) in [5.74, 6) is -2.31. The number of hydrogen-bond donors (Lipinski definition) is 0. The number of benzene rings is 1. The van der Waals surface area contributed by atoms with Crippen LogP contribution < -0.4 is 9.84 Å². The third kappa shape index (κ3) is 6.88. The minimum absolute atomic E-state index is 0.0947. The fourth-order valence-electron chi connectivity index (χ4n) is 1.47. The number of halogens is 3. The number of carboxylic acids is 1. The van der Waals surface area contributed by atoms with Gasteiger partial charge in [0.25, 0.3) is 0 Å². The molecule has 10 heteroatoms. The minimum atomic E-state index is -1.37. The number of carbonyl (C=O) groups is 3. The molecule has 0 aliphatic carbocycles. The Kier molecular flexibility index (Phi) is 9.40. The summed E-state index contributed by atoms with van der Waals surface area (Å²) in [6.45, 7) is 4.11. The summed E-state index contributed by atoms with van der Waals surface area (Å²) in [6, 6.07) is 1.62. The maximum atomic E-state index is 12.3. The van der Waals surface area contributed by atoms with Crippen LogP contribution in [0.2, 0.25) is 0 Å². The highest BCUT2D eigenvalue weighted by molar-refractivity contribution is 14.1. The Labute approximate surface area is 184 Å². The van der Waals surface area contributed by atoms with E-state index in [4.69, 9.17) is 14.2 Å². The van der Waals surface area contributed by atoms with Crippen LogP contribution in [0.15, 0.2) is 18.2 Å². The number of carboxylic acid groups (broad SMARTS) is 1. The van der Waals surface area contributed by atoms with Crippen LogP contribution in [-0.4, -0.2) is 37.7 Å². The van der Waals surface area contributed by atoms with Gasteiger partial charge >= 0.3 is 11.9 Å². The van der Waals surface area contributed by atoms with Gasteiger partial charge in [-0.2, -0.15) is 0 Å². The second-order valence-electron chi connectivity index (χ2n) is 4.57. The summed E-state index contributed by atoms with van der Waals surface area (Å²) in [5.41, 5.74) is 0.510. The Hall–Kier alpha value is -0.640. The summed E-state index contributed by atoms with van der Waals surface area (Å²) in [4.78, 5) is 34.1. The predicted molar refractivity (Wildman–Crippen MR) is 111 cm³/mol. The van der Waals surface area contributed by atoms with Crippen molar-refractivity contribution >= 4 is 85.7 Å². The van der Waals surface area contributed by atoms with Crippen LogP contribution in [0.5, 0.6) is 5.75 Å². The van der Waals surface area contributed by atoms with E-state index in [1.165, 1.54) is 6.92 Å². The van der Waals surface area contributed by atoms with Crippen LogP contribution in [0.3, 0.4) is 0 Å². The molecule has 0 saturated carbocycles. The monoisotopic (exact) mass is 685 g/mol. The van der Waals surface area contributed by atoms with E-state index in [1.807, 2.05) is 67.8 Å². The average molecular weight is 685 g/mol. The van der Waals surface area contributed by atoms with Crippen LogP contribution in [0.25, 0.3) is 0 Å². The van der Waals surface area contributed by atoms with Gasteiger partial charge in [-0.1, -0.05) is 6.58 Å². The molecule has 0 aromatic heterocycles. The molecule has 1 aromatic carbocycles. The first-order valence-electron chi connectivity index (χ1n) is 6.65. The topological polar surface area (TPSA) is 102 Å². The normalized spacial score (nSPS) is 10.1. The maximum Gasteiger partial charge on any atom is 0.340 e. The summed E-state index contributed by atoms with van der Waals surface area (Å²) < 4.78 is 16.9. The molecule has 136 valence electrons. The Bertz CT molecular complexity index is 716. The highest BCUT2D eigenvalue weighted by Crippen LogP contribution is 2.33. The molecule has 0 aliphatic rings. The van der Waals surface area contributed by atoms with Gasteiger partial charge in [0.15, 0.2) is 0 Å². The van der Waals surface area contributed by atoms with Crippen LogP contribution in [0.1, 0.15) is 17.3 Å². The highest BCUT2D eigenvalue weighted by Gasteiger charge is 2.22. The van der Waals surface area contributed by atoms with Crippen molar-refractivity contribution in [2.75, 3.05) is 19.8 Å².